The summed E-state index contributed by atoms with van der Waals surface area (Å²) in [6.45, 7) is 4.01. The first-order valence-corrected chi connectivity index (χ1v) is 6.22. The van der Waals surface area contributed by atoms with Gasteiger partial charge in [-0.05, 0) is 31.5 Å². The normalized spacial score (nSPS) is 10.6. The van der Waals surface area contributed by atoms with Crippen molar-refractivity contribution in [2.45, 2.75) is 33.1 Å². The fourth-order valence-corrected chi connectivity index (χ4v) is 1.82. The van der Waals surface area contributed by atoms with Crippen molar-refractivity contribution in [2.75, 3.05) is 5.32 Å². The van der Waals surface area contributed by atoms with Crippen molar-refractivity contribution in [3.8, 4) is 0 Å². The van der Waals surface area contributed by atoms with Crippen LogP contribution < -0.4 is 5.32 Å². The van der Waals surface area contributed by atoms with Crippen molar-refractivity contribution < 1.29 is 4.79 Å². The van der Waals surface area contributed by atoms with Crippen molar-refractivity contribution in [1.29, 1.82) is 0 Å². The maximum absolute atomic E-state index is 11.6. The molecular weight excluding hydrogens is 226 g/mol. The predicted octanol–water partition coefficient (Wildman–Crippen LogP) is 3.07. The molecule has 0 unspecified atom stereocenters. The van der Waals surface area contributed by atoms with E-state index in [9.17, 15) is 4.79 Å². The lowest BCUT2D eigenvalue weighted by molar-refractivity contribution is -0.116. The van der Waals surface area contributed by atoms with Gasteiger partial charge in [0.05, 0.1) is 5.52 Å². The highest BCUT2D eigenvalue weighted by atomic mass is 16.1. The Morgan fingerprint density at radius 3 is 2.94 bits per heavy atom. The first-order chi connectivity index (χ1) is 8.70. The Kier molecular flexibility index (Phi) is 3.87. The SMILES string of the molecule is CCCCC(=O)Nc1ccc2ncnc(C)c2c1. The average Bonchev–Trinajstić information content (AvgIpc) is 2.37. The van der Waals surface area contributed by atoms with E-state index in [2.05, 4.69) is 22.2 Å². The molecule has 1 N–H and O–H groups in total. The van der Waals surface area contributed by atoms with Crippen LogP contribution in [0.1, 0.15) is 31.9 Å². The Bertz CT molecular complexity index is 566. The van der Waals surface area contributed by atoms with Crippen molar-refractivity contribution in [1.82, 2.24) is 9.97 Å². The summed E-state index contributed by atoms with van der Waals surface area (Å²) in [7, 11) is 0. The first-order valence-electron chi connectivity index (χ1n) is 6.22. The topological polar surface area (TPSA) is 54.9 Å². The summed E-state index contributed by atoms with van der Waals surface area (Å²) in [5, 5.41) is 3.88. The molecule has 0 aliphatic heterocycles. The lowest BCUT2D eigenvalue weighted by Gasteiger charge is -2.06. The Morgan fingerprint density at radius 1 is 1.33 bits per heavy atom. The largest absolute Gasteiger partial charge is 0.326 e. The van der Waals surface area contributed by atoms with Crippen molar-refractivity contribution in [2.24, 2.45) is 0 Å². The minimum absolute atomic E-state index is 0.0608. The van der Waals surface area contributed by atoms with Gasteiger partial charge in [-0.2, -0.15) is 0 Å². The van der Waals surface area contributed by atoms with Crippen molar-refractivity contribution in [3.63, 3.8) is 0 Å². The van der Waals surface area contributed by atoms with Crippen LogP contribution >= 0.6 is 0 Å². The van der Waals surface area contributed by atoms with Crippen LogP contribution in [-0.2, 0) is 4.79 Å². The molecular formula is C14H17N3O. The van der Waals surface area contributed by atoms with E-state index in [4.69, 9.17) is 0 Å². The van der Waals surface area contributed by atoms with Crippen LogP contribution in [0.5, 0.6) is 0 Å². The Balaban J connectivity index is 2.19. The quantitative estimate of drug-likeness (QED) is 0.897. The van der Waals surface area contributed by atoms with Gasteiger partial charge in [0.25, 0.3) is 0 Å². The molecule has 0 bridgehead atoms. The second kappa shape index (κ2) is 5.58. The van der Waals surface area contributed by atoms with Gasteiger partial charge in [0.1, 0.15) is 6.33 Å². The molecule has 18 heavy (non-hydrogen) atoms. The summed E-state index contributed by atoms with van der Waals surface area (Å²) in [6, 6.07) is 5.70. The number of aryl methyl sites for hydroxylation is 1. The summed E-state index contributed by atoms with van der Waals surface area (Å²) < 4.78 is 0. The molecule has 4 heteroatoms. The number of carbonyl (C=O) groups excluding carboxylic acids is 1. The molecule has 0 saturated carbocycles. The van der Waals surface area contributed by atoms with Crippen LogP contribution in [0.3, 0.4) is 0 Å². The van der Waals surface area contributed by atoms with Gasteiger partial charge >= 0.3 is 0 Å². The monoisotopic (exact) mass is 243 g/mol. The number of unbranched alkanes of at least 4 members (excludes halogenated alkanes) is 1. The molecule has 0 aliphatic carbocycles. The number of hydrogen-bond donors (Lipinski definition) is 1. The molecule has 0 saturated heterocycles. The summed E-state index contributed by atoms with van der Waals surface area (Å²) in [6.07, 6.45) is 4.07. The summed E-state index contributed by atoms with van der Waals surface area (Å²) in [5.41, 5.74) is 2.63. The van der Waals surface area contributed by atoms with E-state index in [0.29, 0.717) is 6.42 Å². The smallest absolute Gasteiger partial charge is 0.224 e. The summed E-state index contributed by atoms with van der Waals surface area (Å²) in [5.74, 6) is 0.0608. The second-order valence-electron chi connectivity index (χ2n) is 4.34. The molecule has 4 nitrogen and oxygen atoms in total. The number of nitrogens with zero attached hydrogens (tertiary/aromatic N) is 2. The van der Waals surface area contributed by atoms with Gasteiger partial charge in [-0.25, -0.2) is 9.97 Å². The van der Waals surface area contributed by atoms with E-state index in [1.807, 2.05) is 25.1 Å². The minimum atomic E-state index is 0.0608. The highest BCUT2D eigenvalue weighted by Crippen LogP contribution is 2.19. The van der Waals surface area contributed by atoms with E-state index in [-0.39, 0.29) is 5.91 Å². The fraction of sp³-hybridized carbons (Fsp3) is 0.357. The zero-order valence-corrected chi connectivity index (χ0v) is 10.7. The molecule has 0 aliphatic rings. The number of rotatable bonds is 4. The Morgan fingerprint density at radius 2 is 2.17 bits per heavy atom. The van der Waals surface area contributed by atoms with Crippen LogP contribution in [0.15, 0.2) is 24.5 Å². The summed E-state index contributed by atoms with van der Waals surface area (Å²) >= 11 is 0. The van der Waals surface area contributed by atoms with E-state index >= 15 is 0 Å². The number of anilines is 1. The zero-order valence-electron chi connectivity index (χ0n) is 10.7. The fourth-order valence-electron chi connectivity index (χ4n) is 1.82. The predicted molar refractivity (Wildman–Crippen MR) is 72.4 cm³/mol. The lowest BCUT2D eigenvalue weighted by atomic mass is 10.1. The Hall–Kier alpha value is -1.97. The average molecular weight is 243 g/mol. The minimum Gasteiger partial charge on any atom is -0.326 e. The third kappa shape index (κ3) is 2.83. The number of benzene rings is 1. The first kappa shape index (κ1) is 12.5. The number of aromatic nitrogens is 2. The molecule has 2 aromatic rings. The van der Waals surface area contributed by atoms with Crippen LogP contribution in [0.2, 0.25) is 0 Å². The van der Waals surface area contributed by atoms with Crippen molar-refractivity contribution >= 4 is 22.5 Å². The van der Waals surface area contributed by atoms with Gasteiger partial charge in [0.2, 0.25) is 5.91 Å². The van der Waals surface area contributed by atoms with E-state index in [1.165, 1.54) is 0 Å². The highest BCUT2D eigenvalue weighted by molar-refractivity contribution is 5.93. The van der Waals surface area contributed by atoms with Gasteiger partial charge in [-0.15, -0.1) is 0 Å². The molecule has 1 aromatic heterocycles. The molecule has 0 fully saturated rings. The molecule has 0 atom stereocenters. The number of hydrogen-bond acceptors (Lipinski definition) is 3. The van der Waals surface area contributed by atoms with Crippen molar-refractivity contribution in [3.05, 3.63) is 30.2 Å². The molecule has 94 valence electrons. The second-order valence-corrected chi connectivity index (χ2v) is 4.34. The van der Waals surface area contributed by atoms with Crippen LogP contribution in [0, 0.1) is 6.92 Å². The van der Waals surface area contributed by atoms with E-state index in [0.717, 1.165) is 35.1 Å². The van der Waals surface area contributed by atoms with Gasteiger partial charge in [-0.3, -0.25) is 4.79 Å². The molecule has 1 heterocycles. The maximum Gasteiger partial charge on any atom is 0.224 e. The van der Waals surface area contributed by atoms with Crippen LogP contribution in [0.4, 0.5) is 5.69 Å². The molecule has 1 aromatic carbocycles. The third-order valence-corrected chi connectivity index (χ3v) is 2.88. The van der Waals surface area contributed by atoms with Crippen LogP contribution in [-0.4, -0.2) is 15.9 Å². The number of carbonyl (C=O) groups is 1. The Labute approximate surface area is 106 Å². The van der Waals surface area contributed by atoms with Gasteiger partial charge in [0, 0.05) is 23.2 Å². The van der Waals surface area contributed by atoms with Gasteiger partial charge in [-0.1, -0.05) is 13.3 Å². The molecule has 0 spiro atoms. The summed E-state index contributed by atoms with van der Waals surface area (Å²) in [4.78, 5) is 20.0. The highest BCUT2D eigenvalue weighted by Gasteiger charge is 2.04. The number of nitrogens with one attached hydrogen (secondary N) is 1. The standard InChI is InChI=1S/C14H17N3O/c1-3-4-5-14(18)17-11-6-7-13-12(8-11)10(2)15-9-16-13/h6-9H,3-5H2,1-2H3,(H,17,18). The molecule has 0 radical (unpaired) electrons. The number of amides is 1. The zero-order chi connectivity index (χ0) is 13.0. The van der Waals surface area contributed by atoms with E-state index in [1.54, 1.807) is 6.33 Å². The van der Waals surface area contributed by atoms with Gasteiger partial charge in [0.15, 0.2) is 0 Å². The van der Waals surface area contributed by atoms with E-state index < -0.39 is 0 Å². The number of fused-ring (bicyclic) bond motifs is 1. The molecule has 2 rings (SSSR count). The lowest BCUT2D eigenvalue weighted by Crippen LogP contribution is -2.10. The maximum atomic E-state index is 11.6. The third-order valence-electron chi connectivity index (χ3n) is 2.88. The van der Waals surface area contributed by atoms with Gasteiger partial charge < -0.3 is 5.32 Å². The van der Waals surface area contributed by atoms with Crippen LogP contribution in [0.25, 0.3) is 10.9 Å². The molecule has 1 amide bonds.